The van der Waals surface area contributed by atoms with Crippen LogP contribution in [-0.2, 0) is 18.0 Å². The Kier molecular flexibility index (Phi) is 5.11. The predicted octanol–water partition coefficient (Wildman–Crippen LogP) is 1.61. The second-order valence-corrected chi connectivity index (χ2v) is 7.50. The first-order valence-corrected chi connectivity index (χ1v) is 9.35. The van der Waals surface area contributed by atoms with Gasteiger partial charge >= 0.3 is 136 Å². The average Bonchev–Trinajstić information content (AvgIpc) is 2.78. The molecule has 0 aliphatic carbocycles. The standard InChI is InChI=1S/C17H19NO3Se/c1-12-17-16(13(8-19)7-18-12)10-20-14(9-21-17)11-22-15-5-3-2-4-6-15/h2-7,14,19H,8-11H2,1H3. The Morgan fingerprint density at radius 1 is 1.32 bits per heavy atom. The van der Waals surface area contributed by atoms with Crippen LogP contribution < -0.4 is 9.20 Å². The quantitative estimate of drug-likeness (QED) is 0.838. The normalized spacial score (nSPS) is 17.5. The number of aryl methyl sites for hydroxylation is 1. The Morgan fingerprint density at radius 3 is 2.91 bits per heavy atom. The van der Waals surface area contributed by atoms with Gasteiger partial charge in [0.2, 0.25) is 0 Å². The van der Waals surface area contributed by atoms with Gasteiger partial charge in [0, 0.05) is 0 Å². The number of aromatic nitrogens is 1. The molecule has 0 saturated carbocycles. The molecule has 1 atom stereocenters. The average molecular weight is 364 g/mol. The molecule has 5 heteroatoms. The van der Waals surface area contributed by atoms with Crippen molar-refractivity contribution in [3.8, 4) is 5.75 Å². The van der Waals surface area contributed by atoms with Crippen molar-refractivity contribution < 1.29 is 14.6 Å². The van der Waals surface area contributed by atoms with Crippen LogP contribution in [0.15, 0.2) is 36.5 Å². The van der Waals surface area contributed by atoms with Crippen LogP contribution in [0.5, 0.6) is 5.75 Å². The van der Waals surface area contributed by atoms with Crippen molar-refractivity contribution in [2.75, 3.05) is 6.61 Å². The zero-order chi connectivity index (χ0) is 15.4. The van der Waals surface area contributed by atoms with Crippen molar-refractivity contribution in [3.05, 3.63) is 53.3 Å². The molecule has 116 valence electrons. The van der Waals surface area contributed by atoms with Gasteiger partial charge in [0.05, 0.1) is 0 Å². The number of ether oxygens (including phenoxy) is 2. The predicted molar refractivity (Wildman–Crippen MR) is 85.6 cm³/mol. The fraction of sp³-hybridized carbons (Fsp3) is 0.353. The van der Waals surface area contributed by atoms with Gasteiger partial charge in [-0.3, -0.25) is 0 Å². The molecule has 0 spiro atoms. The number of pyridine rings is 1. The Morgan fingerprint density at radius 2 is 2.14 bits per heavy atom. The van der Waals surface area contributed by atoms with Crippen LogP contribution in [-0.4, -0.2) is 37.8 Å². The Bertz CT molecular complexity index is 633. The van der Waals surface area contributed by atoms with Crippen molar-refractivity contribution in [1.82, 2.24) is 4.98 Å². The molecule has 4 nitrogen and oxygen atoms in total. The van der Waals surface area contributed by atoms with Crippen LogP contribution in [0.3, 0.4) is 0 Å². The molecule has 0 amide bonds. The van der Waals surface area contributed by atoms with Gasteiger partial charge in [-0.2, -0.15) is 0 Å². The molecular weight excluding hydrogens is 345 g/mol. The van der Waals surface area contributed by atoms with E-state index in [1.54, 1.807) is 6.20 Å². The zero-order valence-electron chi connectivity index (χ0n) is 12.5. The maximum absolute atomic E-state index is 9.45. The monoisotopic (exact) mass is 365 g/mol. The van der Waals surface area contributed by atoms with E-state index >= 15 is 0 Å². The molecule has 1 aliphatic rings. The van der Waals surface area contributed by atoms with Crippen molar-refractivity contribution in [3.63, 3.8) is 0 Å². The van der Waals surface area contributed by atoms with Crippen molar-refractivity contribution in [2.24, 2.45) is 0 Å². The second kappa shape index (κ2) is 7.25. The summed E-state index contributed by atoms with van der Waals surface area (Å²) in [6, 6.07) is 10.5. The molecule has 0 saturated heterocycles. The Hall–Kier alpha value is -1.39. The van der Waals surface area contributed by atoms with Gasteiger partial charge in [-0.15, -0.1) is 0 Å². The molecule has 0 fully saturated rings. The summed E-state index contributed by atoms with van der Waals surface area (Å²) in [5, 5.41) is 10.4. The molecule has 22 heavy (non-hydrogen) atoms. The number of hydrogen-bond donors (Lipinski definition) is 1. The minimum absolute atomic E-state index is 0.0407. The number of hydrogen-bond acceptors (Lipinski definition) is 4. The van der Waals surface area contributed by atoms with Crippen molar-refractivity contribution >= 4 is 19.4 Å². The van der Waals surface area contributed by atoms with E-state index in [0.717, 1.165) is 27.9 Å². The third-order valence-corrected chi connectivity index (χ3v) is 6.03. The summed E-state index contributed by atoms with van der Waals surface area (Å²) in [6.45, 7) is 2.90. The number of fused-ring (bicyclic) bond motifs is 1. The molecule has 2 aromatic rings. The first-order chi connectivity index (χ1) is 10.8. The summed E-state index contributed by atoms with van der Waals surface area (Å²) in [5.74, 6) is 0.779. The van der Waals surface area contributed by atoms with Gasteiger partial charge in [-0.1, -0.05) is 0 Å². The van der Waals surface area contributed by atoms with Crippen LogP contribution in [0, 0.1) is 6.92 Å². The summed E-state index contributed by atoms with van der Waals surface area (Å²) < 4.78 is 13.3. The van der Waals surface area contributed by atoms with E-state index in [2.05, 4.69) is 29.2 Å². The summed E-state index contributed by atoms with van der Waals surface area (Å²) in [7, 11) is 0. The molecule has 1 aliphatic heterocycles. The summed E-state index contributed by atoms with van der Waals surface area (Å²) >= 11 is 0.374. The molecule has 2 heterocycles. The molecule has 3 rings (SSSR count). The molecule has 1 N–H and O–H groups in total. The molecule has 0 radical (unpaired) electrons. The van der Waals surface area contributed by atoms with E-state index in [1.165, 1.54) is 4.46 Å². The second-order valence-electron chi connectivity index (χ2n) is 5.20. The van der Waals surface area contributed by atoms with Crippen LogP contribution in [0.25, 0.3) is 0 Å². The van der Waals surface area contributed by atoms with Gasteiger partial charge in [0.1, 0.15) is 0 Å². The van der Waals surface area contributed by atoms with E-state index in [1.807, 2.05) is 13.0 Å². The van der Waals surface area contributed by atoms with E-state index in [0.29, 0.717) is 28.2 Å². The van der Waals surface area contributed by atoms with Crippen LogP contribution in [0.1, 0.15) is 16.8 Å². The fourth-order valence-electron chi connectivity index (χ4n) is 2.39. The van der Waals surface area contributed by atoms with E-state index in [9.17, 15) is 5.11 Å². The Labute approximate surface area is 136 Å². The summed E-state index contributed by atoms with van der Waals surface area (Å²) in [5.41, 5.74) is 2.57. The summed E-state index contributed by atoms with van der Waals surface area (Å²) in [4.78, 5) is 4.29. The number of aliphatic hydroxyl groups excluding tert-OH is 1. The number of rotatable bonds is 4. The van der Waals surface area contributed by atoms with Gasteiger partial charge < -0.3 is 0 Å². The number of benzene rings is 1. The topological polar surface area (TPSA) is 51.6 Å². The van der Waals surface area contributed by atoms with Crippen LogP contribution >= 0.6 is 0 Å². The van der Waals surface area contributed by atoms with Crippen molar-refractivity contribution in [1.29, 1.82) is 0 Å². The van der Waals surface area contributed by atoms with Gasteiger partial charge in [0.25, 0.3) is 0 Å². The summed E-state index contributed by atoms with van der Waals surface area (Å²) in [6.07, 6.45) is 1.79. The molecule has 1 aromatic heterocycles. The van der Waals surface area contributed by atoms with E-state index in [4.69, 9.17) is 9.47 Å². The van der Waals surface area contributed by atoms with Gasteiger partial charge in [-0.05, 0) is 0 Å². The molecule has 1 aromatic carbocycles. The number of nitrogens with zero attached hydrogens (tertiary/aromatic N) is 1. The molecule has 1 unspecified atom stereocenters. The van der Waals surface area contributed by atoms with Gasteiger partial charge in [-0.25, -0.2) is 0 Å². The SMILES string of the molecule is Cc1ncc(CO)c2c1OCC(C[Se]c1ccccc1)OC2. The molecule has 0 bridgehead atoms. The zero-order valence-corrected chi connectivity index (χ0v) is 14.2. The molecular formula is C17H19NO3Se. The first kappa shape index (κ1) is 15.5. The van der Waals surface area contributed by atoms with Gasteiger partial charge in [0.15, 0.2) is 0 Å². The Balaban J connectivity index is 1.67. The third kappa shape index (κ3) is 3.50. The minimum atomic E-state index is -0.0407. The first-order valence-electron chi connectivity index (χ1n) is 7.28. The maximum atomic E-state index is 9.45. The fourth-order valence-corrected chi connectivity index (χ4v) is 4.32. The number of aliphatic hydroxyl groups is 1. The van der Waals surface area contributed by atoms with E-state index < -0.39 is 0 Å². The van der Waals surface area contributed by atoms with Crippen LogP contribution in [0.2, 0.25) is 5.32 Å². The van der Waals surface area contributed by atoms with E-state index in [-0.39, 0.29) is 12.7 Å². The third-order valence-electron chi connectivity index (χ3n) is 3.63. The van der Waals surface area contributed by atoms with Crippen molar-refractivity contribution in [2.45, 2.75) is 31.6 Å². The van der Waals surface area contributed by atoms with Crippen LogP contribution in [0.4, 0.5) is 0 Å².